The van der Waals surface area contributed by atoms with Crippen LogP contribution in [0.4, 0.5) is 5.82 Å². The highest BCUT2D eigenvalue weighted by atomic mass is 32.1. The van der Waals surface area contributed by atoms with Crippen molar-refractivity contribution in [2.45, 2.75) is 52.6 Å². The van der Waals surface area contributed by atoms with Crippen LogP contribution in [0, 0.1) is 0 Å². The molecule has 0 atom stereocenters. The standard InChI is InChI=1S/C21H24N4OS/c1-13(2)26-16-10-8-15(9-11-16)14(3)24-25-20-19-17-6-4-5-7-18(17)27-21(19)23-12-22-20/h8-13H,4-7H2,1-3H3,(H,22,23,25)/b24-14-. The molecule has 3 aromatic rings. The third-order valence-electron chi connectivity index (χ3n) is 4.72. The molecule has 0 bridgehead atoms. The maximum Gasteiger partial charge on any atom is 0.158 e. The summed E-state index contributed by atoms with van der Waals surface area (Å²) in [5, 5.41) is 5.72. The monoisotopic (exact) mass is 380 g/mol. The van der Waals surface area contributed by atoms with Crippen molar-refractivity contribution < 1.29 is 4.74 Å². The van der Waals surface area contributed by atoms with Crippen LogP contribution in [0.5, 0.6) is 5.75 Å². The zero-order chi connectivity index (χ0) is 18.8. The number of benzene rings is 1. The highest BCUT2D eigenvalue weighted by Gasteiger charge is 2.19. The molecule has 0 spiro atoms. The highest BCUT2D eigenvalue weighted by Crippen LogP contribution is 2.38. The average molecular weight is 381 g/mol. The van der Waals surface area contributed by atoms with Crippen molar-refractivity contribution in [1.29, 1.82) is 0 Å². The number of hydrogen-bond donors (Lipinski definition) is 1. The topological polar surface area (TPSA) is 59.4 Å². The minimum Gasteiger partial charge on any atom is -0.491 e. The minimum atomic E-state index is 0.170. The van der Waals surface area contributed by atoms with Crippen LogP contribution in [-0.2, 0) is 12.8 Å². The van der Waals surface area contributed by atoms with Gasteiger partial charge in [0.15, 0.2) is 5.82 Å². The summed E-state index contributed by atoms with van der Waals surface area (Å²) in [5.41, 5.74) is 6.55. The SMILES string of the molecule is C/C(=N/Nc1ncnc2sc3c(c12)CCCC3)c1ccc(OC(C)C)cc1. The minimum absolute atomic E-state index is 0.170. The Bertz CT molecular complexity index is 976. The zero-order valence-electron chi connectivity index (χ0n) is 16.0. The first-order valence-electron chi connectivity index (χ1n) is 9.44. The number of hydrogen-bond acceptors (Lipinski definition) is 6. The third-order valence-corrected chi connectivity index (χ3v) is 5.92. The lowest BCUT2D eigenvalue weighted by Crippen LogP contribution is -2.06. The van der Waals surface area contributed by atoms with Gasteiger partial charge in [-0.15, -0.1) is 11.3 Å². The molecule has 0 unspecified atom stereocenters. The molecule has 0 fully saturated rings. The molecule has 6 heteroatoms. The molecule has 4 rings (SSSR count). The van der Waals surface area contributed by atoms with Gasteiger partial charge in [0.1, 0.15) is 16.9 Å². The van der Waals surface area contributed by atoms with Crippen LogP contribution >= 0.6 is 11.3 Å². The molecule has 1 N–H and O–H groups in total. The second-order valence-corrected chi connectivity index (χ2v) is 8.20. The lowest BCUT2D eigenvalue weighted by atomic mass is 9.97. The summed E-state index contributed by atoms with van der Waals surface area (Å²) in [6, 6.07) is 8.01. The normalized spacial score (nSPS) is 14.4. The average Bonchev–Trinajstić information content (AvgIpc) is 3.05. The van der Waals surface area contributed by atoms with Crippen LogP contribution in [0.1, 0.15) is 49.6 Å². The molecule has 27 heavy (non-hydrogen) atoms. The van der Waals surface area contributed by atoms with Crippen molar-refractivity contribution >= 4 is 33.1 Å². The molecule has 0 aliphatic heterocycles. The number of hydrazone groups is 1. The number of nitrogens with one attached hydrogen (secondary N) is 1. The largest absolute Gasteiger partial charge is 0.491 e. The molecule has 1 aliphatic carbocycles. The third kappa shape index (κ3) is 3.81. The molecule has 2 heterocycles. The molecule has 0 saturated heterocycles. The summed E-state index contributed by atoms with van der Waals surface area (Å²) >= 11 is 1.80. The van der Waals surface area contributed by atoms with Crippen LogP contribution in [0.25, 0.3) is 10.2 Å². The van der Waals surface area contributed by atoms with Gasteiger partial charge < -0.3 is 4.74 Å². The number of ether oxygens (including phenoxy) is 1. The van der Waals surface area contributed by atoms with E-state index in [-0.39, 0.29) is 6.10 Å². The first kappa shape index (κ1) is 17.9. The van der Waals surface area contributed by atoms with Gasteiger partial charge in [-0.1, -0.05) is 0 Å². The van der Waals surface area contributed by atoms with Crippen LogP contribution in [-0.4, -0.2) is 21.8 Å². The zero-order valence-corrected chi connectivity index (χ0v) is 16.8. The van der Waals surface area contributed by atoms with E-state index in [1.807, 2.05) is 45.0 Å². The van der Waals surface area contributed by atoms with Gasteiger partial charge in [0, 0.05) is 4.88 Å². The van der Waals surface area contributed by atoms with E-state index in [0.717, 1.165) is 45.9 Å². The van der Waals surface area contributed by atoms with Crippen LogP contribution in [0.2, 0.25) is 0 Å². The Balaban J connectivity index is 1.58. The lowest BCUT2D eigenvalue weighted by Gasteiger charge is -2.12. The van der Waals surface area contributed by atoms with E-state index in [2.05, 4.69) is 20.5 Å². The van der Waals surface area contributed by atoms with Crippen molar-refractivity contribution in [3.63, 3.8) is 0 Å². The quantitative estimate of drug-likeness (QED) is 0.489. The van der Waals surface area contributed by atoms with Gasteiger partial charge in [0.25, 0.3) is 0 Å². The maximum atomic E-state index is 5.70. The molecular formula is C21H24N4OS. The Labute approximate surface area is 163 Å². The van der Waals surface area contributed by atoms with E-state index in [9.17, 15) is 0 Å². The van der Waals surface area contributed by atoms with Gasteiger partial charge >= 0.3 is 0 Å². The molecule has 0 saturated carbocycles. The fraction of sp³-hybridized carbons (Fsp3) is 0.381. The number of nitrogens with zero attached hydrogens (tertiary/aromatic N) is 3. The van der Waals surface area contributed by atoms with Gasteiger partial charge in [0.2, 0.25) is 0 Å². The van der Waals surface area contributed by atoms with Crippen molar-refractivity contribution in [3.05, 3.63) is 46.6 Å². The van der Waals surface area contributed by atoms with Crippen molar-refractivity contribution in [1.82, 2.24) is 9.97 Å². The number of rotatable bonds is 5. The van der Waals surface area contributed by atoms with E-state index >= 15 is 0 Å². The number of thiophene rings is 1. The summed E-state index contributed by atoms with van der Waals surface area (Å²) < 4.78 is 5.70. The molecule has 140 valence electrons. The number of aromatic nitrogens is 2. The van der Waals surface area contributed by atoms with E-state index < -0.39 is 0 Å². The number of fused-ring (bicyclic) bond motifs is 3. The summed E-state index contributed by atoms with van der Waals surface area (Å²) in [6.07, 6.45) is 6.56. The summed E-state index contributed by atoms with van der Waals surface area (Å²) in [4.78, 5) is 11.4. The second kappa shape index (κ2) is 7.64. The second-order valence-electron chi connectivity index (χ2n) is 7.11. The van der Waals surface area contributed by atoms with Crippen molar-refractivity contribution in [3.8, 4) is 5.75 Å². The fourth-order valence-electron chi connectivity index (χ4n) is 3.42. The van der Waals surface area contributed by atoms with Crippen LogP contribution in [0.15, 0.2) is 35.7 Å². The molecular weight excluding hydrogens is 356 g/mol. The number of anilines is 1. The molecule has 0 radical (unpaired) electrons. The van der Waals surface area contributed by atoms with Crippen LogP contribution < -0.4 is 10.2 Å². The van der Waals surface area contributed by atoms with Gasteiger partial charge in [-0.25, -0.2) is 9.97 Å². The number of aryl methyl sites for hydroxylation is 2. The lowest BCUT2D eigenvalue weighted by molar-refractivity contribution is 0.242. The van der Waals surface area contributed by atoms with Gasteiger partial charge in [-0.3, -0.25) is 5.43 Å². The van der Waals surface area contributed by atoms with E-state index in [1.54, 1.807) is 17.7 Å². The Morgan fingerprint density at radius 3 is 2.70 bits per heavy atom. The Kier molecular flexibility index (Phi) is 5.07. The first-order valence-corrected chi connectivity index (χ1v) is 10.3. The van der Waals surface area contributed by atoms with E-state index in [4.69, 9.17) is 4.74 Å². The predicted octanol–water partition coefficient (Wildman–Crippen LogP) is 5.19. The highest BCUT2D eigenvalue weighted by molar-refractivity contribution is 7.19. The Morgan fingerprint density at radius 2 is 1.93 bits per heavy atom. The Morgan fingerprint density at radius 1 is 1.15 bits per heavy atom. The summed E-state index contributed by atoms with van der Waals surface area (Å²) in [7, 11) is 0. The van der Waals surface area contributed by atoms with Crippen molar-refractivity contribution in [2.75, 3.05) is 5.43 Å². The Hall–Kier alpha value is -2.47. The first-order chi connectivity index (χ1) is 13.1. The molecule has 0 amide bonds. The molecule has 1 aromatic carbocycles. The van der Waals surface area contributed by atoms with E-state index in [1.165, 1.54) is 23.3 Å². The molecule has 1 aliphatic rings. The summed E-state index contributed by atoms with van der Waals surface area (Å²) in [5.74, 6) is 1.68. The summed E-state index contributed by atoms with van der Waals surface area (Å²) in [6.45, 7) is 6.04. The van der Waals surface area contributed by atoms with Crippen LogP contribution in [0.3, 0.4) is 0 Å². The van der Waals surface area contributed by atoms with Gasteiger partial charge in [-0.2, -0.15) is 5.10 Å². The molecule has 5 nitrogen and oxygen atoms in total. The van der Waals surface area contributed by atoms with Gasteiger partial charge in [0.05, 0.1) is 17.2 Å². The predicted molar refractivity (Wildman–Crippen MR) is 112 cm³/mol. The molecule has 2 aromatic heterocycles. The van der Waals surface area contributed by atoms with Gasteiger partial charge in [-0.05, 0) is 81.8 Å². The maximum absolute atomic E-state index is 5.70. The van der Waals surface area contributed by atoms with Crippen molar-refractivity contribution in [2.24, 2.45) is 5.10 Å². The smallest absolute Gasteiger partial charge is 0.158 e. The van der Waals surface area contributed by atoms with E-state index in [0.29, 0.717) is 0 Å². The fourth-order valence-corrected chi connectivity index (χ4v) is 4.65.